The first-order valence-corrected chi connectivity index (χ1v) is 12.7. The molecule has 1 amide bonds. The van der Waals surface area contributed by atoms with Crippen molar-refractivity contribution in [1.29, 1.82) is 0 Å². The molecule has 0 radical (unpaired) electrons. The molecule has 36 heavy (non-hydrogen) atoms. The lowest BCUT2D eigenvalue weighted by Crippen LogP contribution is -2.37. The zero-order valence-electron chi connectivity index (χ0n) is 20.6. The lowest BCUT2D eigenvalue weighted by Gasteiger charge is -2.31. The number of nitrogens with zero attached hydrogens (tertiary/aromatic N) is 3. The van der Waals surface area contributed by atoms with Crippen LogP contribution in [0.15, 0.2) is 48.7 Å². The highest BCUT2D eigenvalue weighted by molar-refractivity contribution is 6.33. The predicted molar refractivity (Wildman–Crippen MR) is 143 cm³/mol. The molecule has 1 aliphatic carbocycles. The average molecular weight is 507 g/mol. The minimum Gasteiger partial charge on any atom is -0.380 e. The van der Waals surface area contributed by atoms with Crippen LogP contribution >= 0.6 is 11.6 Å². The Kier molecular flexibility index (Phi) is 7.36. The SMILES string of the molecule is CCOCCN1CC2CC(C1)c1cc(Nc3ncc(Cl)c(Nc4ccccc4C(=O)NC)n3)ccc12. The molecule has 2 aromatic carbocycles. The Bertz CT molecular complexity index is 1250. The monoisotopic (exact) mass is 506 g/mol. The molecule has 1 saturated heterocycles. The molecule has 3 N–H and O–H groups in total. The Morgan fingerprint density at radius 2 is 1.94 bits per heavy atom. The molecule has 3 aromatic rings. The molecular weight excluding hydrogens is 476 g/mol. The largest absolute Gasteiger partial charge is 0.380 e. The van der Waals surface area contributed by atoms with Crippen LogP contribution in [0.2, 0.25) is 5.02 Å². The molecule has 0 spiro atoms. The average Bonchev–Trinajstić information content (AvgIpc) is 3.15. The van der Waals surface area contributed by atoms with Crippen molar-refractivity contribution >= 4 is 40.6 Å². The number of rotatable bonds is 9. The molecule has 2 atom stereocenters. The van der Waals surface area contributed by atoms with Crippen LogP contribution in [-0.2, 0) is 4.74 Å². The highest BCUT2D eigenvalue weighted by atomic mass is 35.5. The van der Waals surface area contributed by atoms with E-state index in [1.165, 1.54) is 17.5 Å². The Hall–Kier alpha value is -3.20. The normalized spacial score (nSPS) is 18.5. The summed E-state index contributed by atoms with van der Waals surface area (Å²) in [6.45, 7) is 6.73. The summed E-state index contributed by atoms with van der Waals surface area (Å²) < 4.78 is 5.57. The number of carbonyl (C=O) groups is 1. The smallest absolute Gasteiger partial charge is 0.253 e. The molecule has 188 valence electrons. The van der Waals surface area contributed by atoms with Crippen molar-refractivity contribution in [2.45, 2.75) is 25.2 Å². The Balaban J connectivity index is 1.32. The van der Waals surface area contributed by atoms with E-state index in [2.05, 4.69) is 49.0 Å². The third kappa shape index (κ3) is 5.16. The summed E-state index contributed by atoms with van der Waals surface area (Å²) in [6, 6.07) is 13.8. The lowest BCUT2D eigenvalue weighted by atomic mass is 9.96. The van der Waals surface area contributed by atoms with Gasteiger partial charge in [0.15, 0.2) is 5.82 Å². The second-order valence-electron chi connectivity index (χ2n) is 9.19. The molecule has 2 aliphatic rings. The van der Waals surface area contributed by atoms with Crippen LogP contribution in [0.3, 0.4) is 0 Å². The number of hydrogen-bond acceptors (Lipinski definition) is 7. The van der Waals surface area contributed by atoms with Gasteiger partial charge in [-0.3, -0.25) is 9.69 Å². The Morgan fingerprint density at radius 3 is 2.75 bits per heavy atom. The minimum atomic E-state index is -0.193. The van der Waals surface area contributed by atoms with Gasteiger partial charge in [0.05, 0.1) is 24.1 Å². The van der Waals surface area contributed by atoms with Gasteiger partial charge in [0, 0.05) is 39.0 Å². The van der Waals surface area contributed by atoms with Crippen LogP contribution in [0.4, 0.5) is 23.1 Å². The van der Waals surface area contributed by atoms with Crippen molar-refractivity contribution in [3.8, 4) is 0 Å². The van der Waals surface area contributed by atoms with Crippen LogP contribution < -0.4 is 16.0 Å². The van der Waals surface area contributed by atoms with Crippen LogP contribution in [0.1, 0.15) is 46.7 Å². The molecule has 0 saturated carbocycles. The maximum absolute atomic E-state index is 12.2. The standard InChI is InChI=1S/C27H31ClN6O2/c1-3-36-11-10-34-15-17-12-18(16-34)22-13-19(8-9-20(17)22)31-27-30-14-23(28)25(33-27)32-24-7-5-4-6-21(24)26(35)29-2/h4-9,13-14,17-18H,3,10-12,15-16H2,1-2H3,(H,29,35)(H2,30,31,32,33). The molecule has 2 bridgehead atoms. The summed E-state index contributed by atoms with van der Waals surface area (Å²) in [5.41, 5.74) is 4.93. The van der Waals surface area contributed by atoms with Gasteiger partial charge < -0.3 is 20.7 Å². The number of aromatic nitrogens is 2. The van der Waals surface area contributed by atoms with E-state index >= 15 is 0 Å². The van der Waals surface area contributed by atoms with Crippen LogP contribution in [0, 0.1) is 0 Å². The van der Waals surface area contributed by atoms with Gasteiger partial charge in [-0.25, -0.2) is 4.98 Å². The van der Waals surface area contributed by atoms with Gasteiger partial charge in [-0.15, -0.1) is 0 Å². The second-order valence-corrected chi connectivity index (χ2v) is 9.60. The quantitative estimate of drug-likeness (QED) is 0.355. The van der Waals surface area contributed by atoms with Crippen LogP contribution in [0.25, 0.3) is 0 Å². The van der Waals surface area contributed by atoms with Gasteiger partial charge in [-0.1, -0.05) is 29.8 Å². The van der Waals surface area contributed by atoms with Crippen molar-refractivity contribution in [3.05, 3.63) is 70.4 Å². The number of piperidine rings is 1. The van der Waals surface area contributed by atoms with Gasteiger partial charge in [0.25, 0.3) is 5.91 Å². The fourth-order valence-electron chi connectivity index (χ4n) is 5.24. The first kappa shape index (κ1) is 24.5. The van der Waals surface area contributed by atoms with Gasteiger partial charge in [-0.2, -0.15) is 4.98 Å². The van der Waals surface area contributed by atoms with E-state index in [0.717, 1.165) is 38.5 Å². The van der Waals surface area contributed by atoms with E-state index in [1.54, 1.807) is 19.3 Å². The summed E-state index contributed by atoms with van der Waals surface area (Å²) in [5.74, 6) is 1.77. The first-order chi connectivity index (χ1) is 17.6. The van der Waals surface area contributed by atoms with Gasteiger partial charge >= 0.3 is 0 Å². The molecule has 1 aromatic heterocycles. The number of para-hydroxylation sites is 1. The van der Waals surface area contributed by atoms with E-state index in [4.69, 9.17) is 16.3 Å². The van der Waals surface area contributed by atoms with Crippen molar-refractivity contribution in [2.75, 3.05) is 50.5 Å². The number of fused-ring (bicyclic) bond motifs is 5. The highest BCUT2D eigenvalue weighted by Gasteiger charge is 2.37. The van der Waals surface area contributed by atoms with E-state index in [-0.39, 0.29) is 5.91 Å². The third-order valence-corrected chi connectivity index (χ3v) is 7.18. The number of halogens is 1. The minimum absolute atomic E-state index is 0.193. The van der Waals surface area contributed by atoms with Crippen LogP contribution in [-0.4, -0.2) is 60.7 Å². The van der Waals surface area contributed by atoms with Crippen molar-refractivity contribution in [1.82, 2.24) is 20.2 Å². The summed E-state index contributed by atoms with van der Waals surface area (Å²) in [6.07, 6.45) is 2.76. The van der Waals surface area contributed by atoms with E-state index in [0.29, 0.717) is 39.9 Å². The molecule has 5 rings (SSSR count). The topological polar surface area (TPSA) is 91.4 Å². The maximum atomic E-state index is 12.2. The zero-order chi connectivity index (χ0) is 25.1. The van der Waals surface area contributed by atoms with E-state index in [9.17, 15) is 4.79 Å². The van der Waals surface area contributed by atoms with Gasteiger partial charge in [-0.05, 0) is 60.6 Å². The first-order valence-electron chi connectivity index (χ1n) is 12.4. The number of hydrogen-bond donors (Lipinski definition) is 3. The highest BCUT2D eigenvalue weighted by Crippen LogP contribution is 2.46. The zero-order valence-corrected chi connectivity index (χ0v) is 21.3. The summed E-state index contributed by atoms with van der Waals surface area (Å²) in [7, 11) is 1.60. The summed E-state index contributed by atoms with van der Waals surface area (Å²) in [5, 5.41) is 9.53. The molecule has 9 heteroatoms. The predicted octanol–water partition coefficient (Wildman–Crippen LogP) is 4.90. The summed E-state index contributed by atoms with van der Waals surface area (Å²) >= 11 is 6.38. The second kappa shape index (κ2) is 10.8. The Labute approximate surface area is 216 Å². The van der Waals surface area contributed by atoms with E-state index < -0.39 is 0 Å². The fourth-order valence-corrected chi connectivity index (χ4v) is 5.37. The molecule has 2 unspecified atom stereocenters. The molecular formula is C27H31ClN6O2. The van der Waals surface area contributed by atoms with Crippen molar-refractivity contribution in [3.63, 3.8) is 0 Å². The number of ether oxygens (including phenoxy) is 1. The van der Waals surface area contributed by atoms with Gasteiger partial charge in [0.1, 0.15) is 5.02 Å². The number of amides is 1. The number of likely N-dealkylation sites (tertiary alicyclic amines) is 1. The molecule has 1 fully saturated rings. The number of carbonyl (C=O) groups excluding carboxylic acids is 1. The number of benzene rings is 2. The maximum Gasteiger partial charge on any atom is 0.253 e. The van der Waals surface area contributed by atoms with Crippen LogP contribution in [0.5, 0.6) is 0 Å². The third-order valence-electron chi connectivity index (χ3n) is 6.90. The van der Waals surface area contributed by atoms with Crippen molar-refractivity contribution < 1.29 is 9.53 Å². The molecule has 2 heterocycles. The van der Waals surface area contributed by atoms with E-state index in [1.807, 2.05) is 25.1 Å². The van der Waals surface area contributed by atoms with Gasteiger partial charge in [0.2, 0.25) is 5.95 Å². The number of anilines is 4. The molecule has 8 nitrogen and oxygen atoms in total. The molecule has 1 aliphatic heterocycles. The fraction of sp³-hybridized carbons (Fsp3) is 0.370. The lowest BCUT2D eigenvalue weighted by molar-refractivity contribution is 0.0963. The number of nitrogens with one attached hydrogen (secondary N) is 3. The van der Waals surface area contributed by atoms with Crippen molar-refractivity contribution in [2.24, 2.45) is 0 Å². The summed E-state index contributed by atoms with van der Waals surface area (Å²) in [4.78, 5) is 23.7. The Morgan fingerprint density at radius 1 is 1.14 bits per heavy atom.